The van der Waals surface area contributed by atoms with Crippen molar-refractivity contribution in [1.82, 2.24) is 0 Å². The van der Waals surface area contributed by atoms with Crippen molar-refractivity contribution in [2.75, 3.05) is 11.9 Å². The Bertz CT molecular complexity index is 547. The summed E-state index contributed by atoms with van der Waals surface area (Å²) in [4.78, 5) is 1.86. The van der Waals surface area contributed by atoms with Gasteiger partial charge in [0.2, 0.25) is 5.88 Å². The summed E-state index contributed by atoms with van der Waals surface area (Å²) in [7, 11) is 1.87. The highest BCUT2D eigenvalue weighted by atomic mass is 16.3. The van der Waals surface area contributed by atoms with E-state index in [4.69, 9.17) is 4.42 Å². The highest BCUT2D eigenvalue weighted by Gasteiger charge is 2.29. The number of hydrogen-bond acceptors (Lipinski definition) is 4. The van der Waals surface area contributed by atoms with E-state index in [0.717, 1.165) is 11.3 Å². The summed E-state index contributed by atoms with van der Waals surface area (Å²) in [6.07, 6.45) is 0.808. The number of hydrogen-bond donors (Lipinski definition) is 2. The Hall–Kier alpha value is -1.94. The topological polar surface area (TPSA) is 56.8 Å². The van der Waals surface area contributed by atoms with Crippen LogP contribution >= 0.6 is 0 Å². The standard InChI is InChI=1S/C12H11NO3/c1-13-10-3-2-7(14)6-9(10)11(15)8-4-5-16-12(8)13/h2-6,11,14-15H,1H3. The minimum absolute atomic E-state index is 0.151. The molecule has 1 unspecified atom stereocenters. The first-order chi connectivity index (χ1) is 7.68. The van der Waals surface area contributed by atoms with Crippen LogP contribution in [0, 0.1) is 0 Å². The lowest BCUT2D eigenvalue weighted by Gasteiger charge is -2.29. The maximum absolute atomic E-state index is 10.1. The van der Waals surface area contributed by atoms with E-state index in [1.54, 1.807) is 30.5 Å². The number of aliphatic hydroxyl groups is 1. The van der Waals surface area contributed by atoms with Crippen LogP contribution in [0.5, 0.6) is 5.75 Å². The van der Waals surface area contributed by atoms with Crippen LogP contribution in [0.4, 0.5) is 11.6 Å². The molecule has 0 radical (unpaired) electrons. The summed E-state index contributed by atoms with van der Waals surface area (Å²) in [5.74, 6) is 0.795. The summed E-state index contributed by atoms with van der Waals surface area (Å²) in [5.41, 5.74) is 2.25. The monoisotopic (exact) mass is 217 g/mol. The fraction of sp³-hybridized carbons (Fsp3) is 0.167. The minimum Gasteiger partial charge on any atom is -0.508 e. The van der Waals surface area contributed by atoms with Gasteiger partial charge in [0.15, 0.2) is 0 Å². The Balaban J connectivity index is 2.25. The van der Waals surface area contributed by atoms with Crippen molar-refractivity contribution >= 4 is 11.6 Å². The number of aromatic hydroxyl groups is 1. The Morgan fingerprint density at radius 3 is 2.88 bits per heavy atom. The molecule has 0 fully saturated rings. The lowest BCUT2D eigenvalue weighted by molar-refractivity contribution is 0.217. The third kappa shape index (κ3) is 1.07. The molecule has 1 aromatic heterocycles. The van der Waals surface area contributed by atoms with E-state index in [-0.39, 0.29) is 5.75 Å². The van der Waals surface area contributed by atoms with Gasteiger partial charge in [-0.3, -0.25) is 0 Å². The lowest BCUT2D eigenvalue weighted by Crippen LogP contribution is -2.20. The van der Waals surface area contributed by atoms with E-state index in [1.807, 2.05) is 11.9 Å². The summed E-state index contributed by atoms with van der Waals surface area (Å²) >= 11 is 0. The molecule has 1 atom stereocenters. The first-order valence-electron chi connectivity index (χ1n) is 5.00. The lowest BCUT2D eigenvalue weighted by atomic mass is 9.97. The number of furan rings is 1. The highest BCUT2D eigenvalue weighted by Crippen LogP contribution is 2.44. The molecule has 1 aliphatic heterocycles. The van der Waals surface area contributed by atoms with Gasteiger partial charge in [0, 0.05) is 23.9 Å². The minimum atomic E-state index is -0.743. The van der Waals surface area contributed by atoms with Crippen LogP contribution in [0.25, 0.3) is 0 Å². The third-order valence-corrected chi connectivity index (χ3v) is 2.94. The molecule has 4 heteroatoms. The van der Waals surface area contributed by atoms with Crippen molar-refractivity contribution in [2.24, 2.45) is 0 Å². The number of rotatable bonds is 0. The molecule has 0 aliphatic carbocycles. The second-order valence-electron chi connectivity index (χ2n) is 3.89. The van der Waals surface area contributed by atoms with Crippen molar-refractivity contribution in [3.63, 3.8) is 0 Å². The zero-order valence-corrected chi connectivity index (χ0v) is 8.71. The van der Waals surface area contributed by atoms with Crippen LogP contribution in [0.3, 0.4) is 0 Å². The number of phenolic OH excluding ortho intramolecular Hbond substituents is 1. The molecule has 4 nitrogen and oxygen atoms in total. The molecule has 0 saturated heterocycles. The van der Waals surface area contributed by atoms with Gasteiger partial charge in [0.25, 0.3) is 0 Å². The van der Waals surface area contributed by atoms with Gasteiger partial charge in [-0.25, -0.2) is 0 Å². The van der Waals surface area contributed by atoms with Crippen LogP contribution in [0.15, 0.2) is 34.9 Å². The van der Waals surface area contributed by atoms with Gasteiger partial charge < -0.3 is 19.5 Å². The average molecular weight is 217 g/mol. The molecule has 0 amide bonds. The van der Waals surface area contributed by atoms with E-state index in [9.17, 15) is 10.2 Å². The second-order valence-corrected chi connectivity index (χ2v) is 3.89. The molecule has 3 rings (SSSR count). The van der Waals surface area contributed by atoms with Crippen LogP contribution in [-0.4, -0.2) is 17.3 Å². The Kier molecular flexibility index (Phi) is 1.76. The number of aliphatic hydroxyl groups excluding tert-OH is 1. The number of fused-ring (bicyclic) bond motifs is 2. The predicted octanol–water partition coefficient (Wildman–Crippen LogP) is 2.15. The smallest absolute Gasteiger partial charge is 0.205 e. The average Bonchev–Trinajstić information content (AvgIpc) is 2.75. The Morgan fingerprint density at radius 1 is 1.25 bits per heavy atom. The van der Waals surface area contributed by atoms with E-state index >= 15 is 0 Å². The second kappa shape index (κ2) is 3.02. The van der Waals surface area contributed by atoms with Crippen molar-refractivity contribution in [3.05, 3.63) is 41.7 Å². The summed E-state index contributed by atoms with van der Waals surface area (Å²) in [5, 5.41) is 19.6. The Labute approximate surface area is 92.4 Å². The third-order valence-electron chi connectivity index (χ3n) is 2.94. The number of benzene rings is 1. The van der Waals surface area contributed by atoms with Crippen LogP contribution in [0.2, 0.25) is 0 Å². The normalized spacial score (nSPS) is 18.1. The first kappa shape index (κ1) is 9.30. The molecule has 0 saturated carbocycles. The molecule has 1 aromatic carbocycles. The van der Waals surface area contributed by atoms with Gasteiger partial charge in [0.1, 0.15) is 11.9 Å². The molecular weight excluding hydrogens is 206 g/mol. The van der Waals surface area contributed by atoms with Crippen molar-refractivity contribution < 1.29 is 14.6 Å². The molecule has 0 spiro atoms. The maximum atomic E-state index is 10.1. The van der Waals surface area contributed by atoms with Crippen LogP contribution < -0.4 is 4.90 Å². The van der Waals surface area contributed by atoms with E-state index < -0.39 is 6.10 Å². The largest absolute Gasteiger partial charge is 0.508 e. The van der Waals surface area contributed by atoms with E-state index in [1.165, 1.54) is 0 Å². The quantitative estimate of drug-likeness (QED) is 0.709. The molecule has 2 aromatic rings. The zero-order chi connectivity index (χ0) is 11.3. The van der Waals surface area contributed by atoms with Crippen molar-refractivity contribution in [3.8, 4) is 5.75 Å². The molecule has 2 heterocycles. The van der Waals surface area contributed by atoms with E-state index in [2.05, 4.69) is 0 Å². The zero-order valence-electron chi connectivity index (χ0n) is 8.71. The van der Waals surface area contributed by atoms with Gasteiger partial charge in [-0.05, 0) is 24.3 Å². The molecule has 0 bridgehead atoms. The first-order valence-corrected chi connectivity index (χ1v) is 5.00. The molecule has 16 heavy (non-hydrogen) atoms. The Morgan fingerprint density at radius 2 is 2.06 bits per heavy atom. The van der Waals surface area contributed by atoms with Gasteiger partial charge in [0.05, 0.1) is 6.26 Å². The molecular formula is C12H11NO3. The number of anilines is 2. The SMILES string of the molecule is CN1c2ccc(O)cc2C(O)c2ccoc21. The van der Waals surface area contributed by atoms with Gasteiger partial charge in [-0.2, -0.15) is 0 Å². The van der Waals surface area contributed by atoms with E-state index in [0.29, 0.717) is 11.4 Å². The molecule has 2 N–H and O–H groups in total. The highest BCUT2D eigenvalue weighted by molar-refractivity contribution is 5.72. The van der Waals surface area contributed by atoms with Crippen molar-refractivity contribution in [2.45, 2.75) is 6.10 Å². The van der Waals surface area contributed by atoms with Gasteiger partial charge in [-0.15, -0.1) is 0 Å². The van der Waals surface area contributed by atoms with Crippen LogP contribution in [-0.2, 0) is 0 Å². The fourth-order valence-electron chi connectivity index (χ4n) is 2.14. The summed E-state index contributed by atoms with van der Waals surface area (Å²) in [6, 6.07) is 6.67. The summed E-state index contributed by atoms with van der Waals surface area (Å²) in [6.45, 7) is 0. The van der Waals surface area contributed by atoms with Gasteiger partial charge >= 0.3 is 0 Å². The predicted molar refractivity (Wildman–Crippen MR) is 58.9 cm³/mol. The molecule has 1 aliphatic rings. The maximum Gasteiger partial charge on any atom is 0.205 e. The number of phenols is 1. The molecule has 82 valence electrons. The van der Waals surface area contributed by atoms with Crippen LogP contribution in [0.1, 0.15) is 17.2 Å². The van der Waals surface area contributed by atoms with Gasteiger partial charge in [-0.1, -0.05) is 0 Å². The fourth-order valence-corrected chi connectivity index (χ4v) is 2.14. The van der Waals surface area contributed by atoms with Crippen molar-refractivity contribution in [1.29, 1.82) is 0 Å². The number of nitrogens with zero attached hydrogens (tertiary/aromatic N) is 1. The summed E-state index contributed by atoms with van der Waals surface area (Å²) < 4.78 is 5.33.